The first-order chi connectivity index (χ1) is 7.84. The summed E-state index contributed by atoms with van der Waals surface area (Å²) in [5.41, 5.74) is 8.34. The molecule has 0 aliphatic carbocycles. The number of rotatable bonds is 4. The minimum Gasteiger partial charge on any atom is -0.493 e. The Labute approximate surface area is 105 Å². The first-order valence-corrected chi connectivity index (χ1v) is 6.31. The molecule has 2 N–H and O–H groups in total. The molecule has 0 aromatic heterocycles. The molecule has 0 heterocycles. The summed E-state index contributed by atoms with van der Waals surface area (Å²) in [4.78, 5) is 0. The van der Waals surface area contributed by atoms with E-state index in [1.165, 1.54) is 5.56 Å². The van der Waals surface area contributed by atoms with Crippen LogP contribution in [0.25, 0.3) is 0 Å². The largest absolute Gasteiger partial charge is 0.493 e. The highest BCUT2D eigenvalue weighted by Gasteiger charge is 2.15. The monoisotopic (exact) mass is 235 g/mol. The predicted molar refractivity (Wildman–Crippen MR) is 73.4 cm³/mol. The van der Waals surface area contributed by atoms with Crippen LogP contribution in [0.5, 0.6) is 5.75 Å². The highest BCUT2D eigenvalue weighted by molar-refractivity contribution is 5.39. The highest BCUT2D eigenvalue weighted by atomic mass is 16.5. The normalized spacial score (nSPS) is 11.9. The van der Waals surface area contributed by atoms with Gasteiger partial charge >= 0.3 is 0 Å². The fraction of sp³-hybridized carbons (Fsp3) is 0.600. The number of hydrogen-bond acceptors (Lipinski definition) is 2. The molecule has 0 aliphatic heterocycles. The van der Waals surface area contributed by atoms with Crippen LogP contribution in [0.2, 0.25) is 0 Å². The van der Waals surface area contributed by atoms with Crippen LogP contribution >= 0.6 is 0 Å². The second kappa shape index (κ2) is 5.54. The minimum atomic E-state index is 0.153. The maximum atomic E-state index is 5.79. The molecule has 0 radical (unpaired) electrons. The summed E-state index contributed by atoms with van der Waals surface area (Å²) in [7, 11) is 0. The summed E-state index contributed by atoms with van der Waals surface area (Å²) < 4.78 is 5.78. The highest BCUT2D eigenvalue weighted by Crippen LogP contribution is 2.28. The zero-order valence-electron chi connectivity index (χ0n) is 11.7. The Morgan fingerprint density at radius 1 is 1.24 bits per heavy atom. The molecule has 0 spiro atoms. The molecule has 1 aromatic rings. The molecule has 2 nitrogen and oxygen atoms in total. The smallest absolute Gasteiger partial charge is 0.123 e. The molecule has 0 saturated heterocycles. The topological polar surface area (TPSA) is 35.2 Å². The molecule has 1 aromatic carbocycles. The fourth-order valence-corrected chi connectivity index (χ4v) is 1.60. The molecule has 0 amide bonds. The van der Waals surface area contributed by atoms with Gasteiger partial charge in [0.15, 0.2) is 0 Å². The molecular weight excluding hydrogens is 210 g/mol. The predicted octanol–water partition coefficient (Wildman–Crippen LogP) is 3.48. The summed E-state index contributed by atoms with van der Waals surface area (Å²) in [6.45, 7) is 12.2. The number of nitrogens with two attached hydrogens (primary N) is 1. The molecule has 96 valence electrons. The Hall–Kier alpha value is -1.02. The Balaban J connectivity index is 2.93. The van der Waals surface area contributed by atoms with Crippen LogP contribution < -0.4 is 10.5 Å². The van der Waals surface area contributed by atoms with Crippen molar-refractivity contribution in [1.29, 1.82) is 0 Å². The van der Waals surface area contributed by atoms with Gasteiger partial charge in [0.05, 0.1) is 6.61 Å². The van der Waals surface area contributed by atoms with Crippen molar-refractivity contribution in [3.63, 3.8) is 0 Å². The van der Waals surface area contributed by atoms with E-state index in [1.54, 1.807) is 0 Å². The molecule has 0 unspecified atom stereocenters. The molecule has 0 atom stereocenters. The van der Waals surface area contributed by atoms with E-state index >= 15 is 0 Å². The van der Waals surface area contributed by atoms with Crippen molar-refractivity contribution in [3.05, 3.63) is 29.3 Å². The van der Waals surface area contributed by atoms with Gasteiger partial charge in [-0.25, -0.2) is 0 Å². The fourth-order valence-electron chi connectivity index (χ4n) is 1.60. The van der Waals surface area contributed by atoms with E-state index in [0.29, 0.717) is 12.5 Å². The van der Waals surface area contributed by atoms with E-state index in [4.69, 9.17) is 10.5 Å². The van der Waals surface area contributed by atoms with Gasteiger partial charge < -0.3 is 10.5 Å². The zero-order chi connectivity index (χ0) is 13.1. The Morgan fingerprint density at radius 2 is 1.88 bits per heavy atom. The summed E-state index contributed by atoms with van der Waals surface area (Å²) >= 11 is 0. The summed E-state index contributed by atoms with van der Waals surface area (Å²) in [6, 6.07) is 6.34. The quantitative estimate of drug-likeness (QED) is 0.867. The third-order valence-electron chi connectivity index (χ3n) is 2.72. The second-order valence-corrected chi connectivity index (χ2v) is 5.98. The Morgan fingerprint density at radius 3 is 2.35 bits per heavy atom. The van der Waals surface area contributed by atoms with Crippen LogP contribution in [0.1, 0.15) is 45.7 Å². The van der Waals surface area contributed by atoms with Gasteiger partial charge in [-0.2, -0.15) is 0 Å². The van der Waals surface area contributed by atoms with Crippen molar-refractivity contribution in [2.75, 3.05) is 6.61 Å². The average Bonchev–Trinajstić information content (AvgIpc) is 2.24. The van der Waals surface area contributed by atoms with Crippen LogP contribution in [0.4, 0.5) is 0 Å². The zero-order valence-corrected chi connectivity index (χ0v) is 11.7. The Bertz CT molecular complexity index is 364. The molecule has 0 bridgehead atoms. The molecule has 0 saturated carbocycles. The van der Waals surface area contributed by atoms with Crippen molar-refractivity contribution >= 4 is 0 Å². The van der Waals surface area contributed by atoms with Gasteiger partial charge in [-0.1, -0.05) is 46.8 Å². The summed E-state index contributed by atoms with van der Waals surface area (Å²) in [5, 5.41) is 0. The van der Waals surface area contributed by atoms with Crippen LogP contribution in [0, 0.1) is 5.92 Å². The van der Waals surface area contributed by atoms with Crippen molar-refractivity contribution in [2.24, 2.45) is 11.7 Å². The van der Waals surface area contributed by atoms with Crippen LogP contribution in [0.15, 0.2) is 18.2 Å². The van der Waals surface area contributed by atoms with Gasteiger partial charge in [-0.3, -0.25) is 0 Å². The van der Waals surface area contributed by atoms with Crippen molar-refractivity contribution in [2.45, 2.75) is 46.6 Å². The molecule has 2 heteroatoms. The number of ether oxygens (including phenoxy) is 1. The van der Waals surface area contributed by atoms with Gasteiger partial charge in [0.25, 0.3) is 0 Å². The van der Waals surface area contributed by atoms with Gasteiger partial charge in [-0.15, -0.1) is 0 Å². The molecule has 1 rings (SSSR count). The van der Waals surface area contributed by atoms with Crippen molar-refractivity contribution in [3.8, 4) is 5.75 Å². The summed E-state index contributed by atoms with van der Waals surface area (Å²) in [6.07, 6.45) is 0. The van der Waals surface area contributed by atoms with E-state index in [0.717, 1.165) is 17.9 Å². The third kappa shape index (κ3) is 4.04. The average molecular weight is 235 g/mol. The lowest BCUT2D eigenvalue weighted by Crippen LogP contribution is -2.13. The van der Waals surface area contributed by atoms with E-state index in [-0.39, 0.29) is 5.41 Å². The van der Waals surface area contributed by atoms with E-state index in [1.807, 2.05) is 6.07 Å². The molecule has 0 fully saturated rings. The Kier molecular flexibility index (Phi) is 4.58. The number of benzene rings is 1. The SMILES string of the molecule is CC(C)COc1ccc(C(C)(C)C)cc1CN. The van der Waals surface area contributed by atoms with E-state index in [9.17, 15) is 0 Å². The van der Waals surface area contributed by atoms with E-state index in [2.05, 4.69) is 46.8 Å². The van der Waals surface area contributed by atoms with E-state index < -0.39 is 0 Å². The minimum absolute atomic E-state index is 0.153. The van der Waals surface area contributed by atoms with Crippen molar-refractivity contribution in [1.82, 2.24) is 0 Å². The molecular formula is C15H25NO. The third-order valence-corrected chi connectivity index (χ3v) is 2.72. The molecule has 17 heavy (non-hydrogen) atoms. The van der Waals surface area contributed by atoms with Gasteiger partial charge in [-0.05, 0) is 23.0 Å². The first kappa shape index (κ1) is 14.0. The standard InChI is InChI=1S/C15H25NO/c1-11(2)10-17-14-7-6-13(15(3,4)5)8-12(14)9-16/h6-8,11H,9-10,16H2,1-5H3. The first-order valence-electron chi connectivity index (χ1n) is 6.31. The van der Waals surface area contributed by atoms with Gasteiger partial charge in [0.1, 0.15) is 5.75 Å². The maximum absolute atomic E-state index is 5.79. The molecule has 0 aliphatic rings. The summed E-state index contributed by atoms with van der Waals surface area (Å²) in [5.74, 6) is 1.46. The lowest BCUT2D eigenvalue weighted by molar-refractivity contribution is 0.268. The second-order valence-electron chi connectivity index (χ2n) is 5.98. The van der Waals surface area contributed by atoms with Gasteiger partial charge in [0.2, 0.25) is 0 Å². The maximum Gasteiger partial charge on any atom is 0.123 e. The van der Waals surface area contributed by atoms with Crippen LogP contribution in [-0.4, -0.2) is 6.61 Å². The number of hydrogen-bond donors (Lipinski definition) is 1. The lowest BCUT2D eigenvalue weighted by atomic mass is 9.86. The lowest BCUT2D eigenvalue weighted by Gasteiger charge is -2.21. The van der Waals surface area contributed by atoms with Gasteiger partial charge in [0, 0.05) is 12.1 Å². The van der Waals surface area contributed by atoms with Crippen LogP contribution in [-0.2, 0) is 12.0 Å². The van der Waals surface area contributed by atoms with Crippen molar-refractivity contribution < 1.29 is 4.74 Å². The van der Waals surface area contributed by atoms with Crippen LogP contribution in [0.3, 0.4) is 0 Å².